The van der Waals surface area contributed by atoms with E-state index in [2.05, 4.69) is 0 Å². The smallest absolute Gasteiger partial charge is 0.207 e. The maximum Gasteiger partial charge on any atom is 0.207 e. The van der Waals surface area contributed by atoms with Crippen LogP contribution in [0, 0.1) is 0 Å². The number of hydrogen-bond acceptors (Lipinski definition) is 1. The SMILES string of the molecule is O=C(C(Cl)(Cl)CCl)C(Cl)(Cl)CCl. The van der Waals surface area contributed by atoms with Gasteiger partial charge in [-0.15, -0.1) is 23.2 Å². The monoisotopic (exact) mass is 290 g/mol. The first-order chi connectivity index (χ1) is 5.28. The molecule has 0 aliphatic carbocycles. The maximum absolute atomic E-state index is 11.3. The normalized spacial score (nSPS) is 13.2. The number of halogens is 6. The standard InChI is InChI=1S/C5H4Cl6O/c6-1-4(8,9)3(12)5(10,11)2-7/h1-2H2. The fourth-order valence-electron chi connectivity index (χ4n) is 0.389. The van der Waals surface area contributed by atoms with Gasteiger partial charge in [0.15, 0.2) is 8.67 Å². The van der Waals surface area contributed by atoms with Crippen LogP contribution in [0.3, 0.4) is 0 Å². The van der Waals surface area contributed by atoms with Gasteiger partial charge in [-0.05, 0) is 0 Å². The van der Waals surface area contributed by atoms with Crippen molar-refractivity contribution in [2.45, 2.75) is 8.67 Å². The largest absolute Gasteiger partial charge is 0.293 e. The van der Waals surface area contributed by atoms with Crippen LogP contribution in [0.1, 0.15) is 0 Å². The second-order valence-electron chi connectivity index (χ2n) is 2.01. The Kier molecular flexibility index (Phi) is 5.33. The number of alkyl halides is 6. The first-order valence-corrected chi connectivity index (χ1v) is 5.28. The Bertz CT molecular complexity index is 159. The van der Waals surface area contributed by atoms with Crippen LogP contribution in [-0.4, -0.2) is 26.2 Å². The second-order valence-corrected chi connectivity index (χ2v) is 5.51. The number of Topliss-reactive ketones (excluding diaryl/α,β-unsaturated/α-hetero) is 1. The molecular formula is C5H4Cl6O. The average Bonchev–Trinajstić information content (AvgIpc) is 2.03. The van der Waals surface area contributed by atoms with E-state index in [9.17, 15) is 4.79 Å². The Morgan fingerprint density at radius 2 is 1.17 bits per heavy atom. The van der Waals surface area contributed by atoms with E-state index in [1.165, 1.54) is 0 Å². The summed E-state index contributed by atoms with van der Waals surface area (Å²) in [6.45, 7) is 0. The van der Waals surface area contributed by atoms with Gasteiger partial charge in [-0.1, -0.05) is 46.4 Å². The molecule has 0 radical (unpaired) electrons. The molecule has 0 amide bonds. The lowest BCUT2D eigenvalue weighted by Gasteiger charge is -2.22. The highest BCUT2D eigenvalue weighted by molar-refractivity contribution is 6.70. The minimum Gasteiger partial charge on any atom is -0.293 e. The first-order valence-electron chi connectivity index (χ1n) is 2.70. The predicted molar refractivity (Wildman–Crippen MR) is 55.3 cm³/mol. The van der Waals surface area contributed by atoms with E-state index in [-0.39, 0.29) is 11.8 Å². The quantitative estimate of drug-likeness (QED) is 0.726. The van der Waals surface area contributed by atoms with Crippen molar-refractivity contribution in [3.8, 4) is 0 Å². The van der Waals surface area contributed by atoms with E-state index in [0.717, 1.165) is 0 Å². The van der Waals surface area contributed by atoms with Crippen molar-refractivity contribution in [3.63, 3.8) is 0 Å². The summed E-state index contributed by atoms with van der Waals surface area (Å²) in [6.07, 6.45) is 0. The molecule has 0 aliphatic rings. The van der Waals surface area contributed by atoms with Crippen LogP contribution >= 0.6 is 69.6 Å². The highest BCUT2D eigenvalue weighted by Crippen LogP contribution is 2.35. The summed E-state index contributed by atoms with van der Waals surface area (Å²) < 4.78 is -3.58. The zero-order valence-corrected chi connectivity index (χ0v) is 10.1. The molecule has 0 aromatic heterocycles. The van der Waals surface area contributed by atoms with Crippen LogP contribution in [0.4, 0.5) is 0 Å². The van der Waals surface area contributed by atoms with Crippen LogP contribution in [0.25, 0.3) is 0 Å². The topological polar surface area (TPSA) is 17.1 Å². The molecule has 0 rings (SSSR count). The molecule has 0 bridgehead atoms. The van der Waals surface area contributed by atoms with E-state index < -0.39 is 14.4 Å². The van der Waals surface area contributed by atoms with E-state index in [4.69, 9.17) is 69.6 Å². The lowest BCUT2D eigenvalue weighted by molar-refractivity contribution is -0.119. The molecule has 0 atom stereocenters. The molecule has 0 saturated carbocycles. The molecular weight excluding hydrogens is 289 g/mol. The fourth-order valence-corrected chi connectivity index (χ4v) is 1.47. The van der Waals surface area contributed by atoms with Crippen LogP contribution in [0.15, 0.2) is 0 Å². The number of ketones is 1. The van der Waals surface area contributed by atoms with Gasteiger partial charge in [0.25, 0.3) is 0 Å². The van der Waals surface area contributed by atoms with Crippen molar-refractivity contribution in [2.24, 2.45) is 0 Å². The van der Waals surface area contributed by atoms with Gasteiger partial charge < -0.3 is 0 Å². The summed E-state index contributed by atoms with van der Waals surface area (Å²) in [6, 6.07) is 0. The Labute approximate surface area is 100 Å². The van der Waals surface area contributed by atoms with Gasteiger partial charge in [-0.25, -0.2) is 0 Å². The highest BCUT2D eigenvalue weighted by Gasteiger charge is 2.46. The highest BCUT2D eigenvalue weighted by atomic mass is 35.5. The molecule has 0 saturated heterocycles. The number of carbonyl (C=O) groups excluding carboxylic acids is 1. The lowest BCUT2D eigenvalue weighted by atomic mass is 10.2. The first kappa shape index (κ1) is 13.4. The molecule has 0 unspecified atom stereocenters. The number of carbonyl (C=O) groups is 1. The summed E-state index contributed by atoms with van der Waals surface area (Å²) in [5, 5.41) is 0. The molecule has 0 heterocycles. The van der Waals surface area contributed by atoms with Gasteiger partial charge >= 0.3 is 0 Å². The Hall–Kier alpha value is 1.41. The molecule has 0 aromatic rings. The molecule has 72 valence electrons. The van der Waals surface area contributed by atoms with Crippen molar-refractivity contribution in [1.82, 2.24) is 0 Å². The lowest BCUT2D eigenvalue weighted by Crippen LogP contribution is -2.42. The number of hydrogen-bond donors (Lipinski definition) is 0. The maximum atomic E-state index is 11.3. The minimum absolute atomic E-state index is 0.299. The van der Waals surface area contributed by atoms with E-state index in [0.29, 0.717) is 0 Å². The molecule has 0 aromatic carbocycles. The van der Waals surface area contributed by atoms with Crippen molar-refractivity contribution in [1.29, 1.82) is 0 Å². The van der Waals surface area contributed by atoms with Gasteiger partial charge in [-0.3, -0.25) is 4.79 Å². The van der Waals surface area contributed by atoms with Crippen LogP contribution in [0.2, 0.25) is 0 Å². The van der Waals surface area contributed by atoms with Crippen LogP contribution in [0.5, 0.6) is 0 Å². The third-order valence-electron chi connectivity index (χ3n) is 1.00. The molecule has 0 spiro atoms. The Morgan fingerprint density at radius 1 is 0.917 bits per heavy atom. The summed E-state index contributed by atoms with van der Waals surface area (Å²) in [5.41, 5.74) is 0. The predicted octanol–water partition coefficient (Wildman–Crippen LogP) is 3.38. The van der Waals surface area contributed by atoms with Gasteiger partial charge in [0.1, 0.15) is 0 Å². The average molecular weight is 293 g/mol. The van der Waals surface area contributed by atoms with Crippen molar-refractivity contribution in [2.75, 3.05) is 11.8 Å². The van der Waals surface area contributed by atoms with Gasteiger partial charge in [0.05, 0.1) is 11.8 Å². The van der Waals surface area contributed by atoms with Crippen molar-refractivity contribution >= 4 is 75.4 Å². The van der Waals surface area contributed by atoms with E-state index >= 15 is 0 Å². The molecule has 12 heavy (non-hydrogen) atoms. The van der Waals surface area contributed by atoms with Crippen molar-refractivity contribution < 1.29 is 4.79 Å². The third kappa shape index (κ3) is 3.28. The summed E-state index contributed by atoms with van der Waals surface area (Å²) in [7, 11) is 0. The zero-order chi connectivity index (χ0) is 9.99. The summed E-state index contributed by atoms with van der Waals surface area (Å²) in [5.74, 6) is -1.41. The Morgan fingerprint density at radius 3 is 1.33 bits per heavy atom. The van der Waals surface area contributed by atoms with Gasteiger partial charge in [0, 0.05) is 0 Å². The third-order valence-corrected chi connectivity index (χ3v) is 3.57. The van der Waals surface area contributed by atoms with E-state index in [1.807, 2.05) is 0 Å². The van der Waals surface area contributed by atoms with E-state index in [1.54, 1.807) is 0 Å². The Balaban J connectivity index is 4.60. The molecule has 7 heteroatoms. The molecule has 0 N–H and O–H groups in total. The van der Waals surface area contributed by atoms with Crippen LogP contribution in [-0.2, 0) is 4.79 Å². The summed E-state index contributed by atoms with van der Waals surface area (Å²) in [4.78, 5) is 11.3. The second kappa shape index (κ2) is 4.77. The number of rotatable bonds is 4. The molecule has 0 fully saturated rings. The van der Waals surface area contributed by atoms with Crippen LogP contribution < -0.4 is 0 Å². The molecule has 0 aliphatic heterocycles. The van der Waals surface area contributed by atoms with Crippen molar-refractivity contribution in [3.05, 3.63) is 0 Å². The summed E-state index contributed by atoms with van der Waals surface area (Å²) >= 11 is 32.6. The fraction of sp³-hybridized carbons (Fsp3) is 0.800. The minimum atomic E-state index is -1.79. The molecule has 1 nitrogen and oxygen atoms in total. The van der Waals surface area contributed by atoms with Gasteiger partial charge in [0.2, 0.25) is 5.78 Å². The van der Waals surface area contributed by atoms with Gasteiger partial charge in [-0.2, -0.15) is 0 Å². The zero-order valence-electron chi connectivity index (χ0n) is 5.59.